The highest BCUT2D eigenvalue weighted by atomic mass is 16.5. The van der Waals surface area contributed by atoms with Gasteiger partial charge in [-0.15, -0.1) is 0 Å². The molecule has 0 aliphatic rings. The Balaban J connectivity index is 1.51. The van der Waals surface area contributed by atoms with Crippen LogP contribution in [0.25, 0.3) is 0 Å². The van der Waals surface area contributed by atoms with Gasteiger partial charge in [0.25, 0.3) is 5.91 Å². The zero-order valence-corrected chi connectivity index (χ0v) is 17.0. The van der Waals surface area contributed by atoms with Crippen LogP contribution < -0.4 is 14.8 Å². The maximum atomic E-state index is 12.6. The highest BCUT2D eigenvalue weighted by Crippen LogP contribution is 2.15. The van der Waals surface area contributed by atoms with Gasteiger partial charge in [-0.1, -0.05) is 30.3 Å². The molecule has 154 valence electrons. The lowest BCUT2D eigenvalue weighted by Crippen LogP contribution is -2.34. The Labute approximate surface area is 176 Å². The minimum Gasteiger partial charge on any atom is -0.497 e. The fourth-order valence-electron chi connectivity index (χ4n) is 2.81. The van der Waals surface area contributed by atoms with Gasteiger partial charge < -0.3 is 19.7 Å². The van der Waals surface area contributed by atoms with E-state index < -0.39 is 0 Å². The van der Waals surface area contributed by atoms with Gasteiger partial charge in [-0.2, -0.15) is 0 Å². The number of carbonyl (C=O) groups is 2. The van der Waals surface area contributed by atoms with E-state index in [-0.39, 0.29) is 18.4 Å². The molecule has 1 N–H and O–H groups in total. The number of ether oxygens (including phenoxy) is 2. The number of amides is 2. The Hall–Kier alpha value is -3.80. The van der Waals surface area contributed by atoms with Crippen molar-refractivity contribution in [2.75, 3.05) is 26.0 Å². The SMILES string of the molecule is COc1ccc(NC(=O)CN(C)C(=O)c2ccc(COc3ccccc3)cc2)cc1. The van der Waals surface area contributed by atoms with Crippen LogP contribution in [0.15, 0.2) is 78.9 Å². The summed E-state index contributed by atoms with van der Waals surface area (Å²) in [6.07, 6.45) is 0. The molecule has 0 bridgehead atoms. The van der Waals surface area contributed by atoms with Crippen LogP contribution in [0.2, 0.25) is 0 Å². The molecule has 0 aromatic heterocycles. The van der Waals surface area contributed by atoms with Gasteiger partial charge in [0, 0.05) is 18.3 Å². The molecule has 0 radical (unpaired) electrons. The summed E-state index contributed by atoms with van der Waals surface area (Å²) in [5.41, 5.74) is 2.11. The minimum absolute atomic E-state index is 0.0519. The largest absolute Gasteiger partial charge is 0.497 e. The Morgan fingerprint density at radius 2 is 1.53 bits per heavy atom. The summed E-state index contributed by atoms with van der Waals surface area (Å²) in [4.78, 5) is 26.2. The summed E-state index contributed by atoms with van der Waals surface area (Å²) >= 11 is 0. The summed E-state index contributed by atoms with van der Waals surface area (Å²) in [6, 6.07) is 23.7. The average Bonchev–Trinajstić information content (AvgIpc) is 2.78. The lowest BCUT2D eigenvalue weighted by molar-refractivity contribution is -0.116. The van der Waals surface area contributed by atoms with E-state index in [0.29, 0.717) is 23.6 Å². The molecule has 30 heavy (non-hydrogen) atoms. The Morgan fingerprint density at radius 3 is 2.17 bits per heavy atom. The first-order valence-corrected chi connectivity index (χ1v) is 9.51. The summed E-state index contributed by atoms with van der Waals surface area (Å²) < 4.78 is 10.8. The average molecular weight is 404 g/mol. The molecule has 0 saturated heterocycles. The molecule has 0 atom stereocenters. The number of nitrogens with zero attached hydrogens (tertiary/aromatic N) is 1. The summed E-state index contributed by atoms with van der Waals surface area (Å²) in [7, 11) is 3.18. The predicted molar refractivity (Wildman–Crippen MR) is 116 cm³/mol. The Kier molecular flexibility index (Phi) is 7.05. The van der Waals surface area contributed by atoms with Crippen molar-refractivity contribution in [3.8, 4) is 11.5 Å². The standard InChI is InChI=1S/C24H24N2O4/c1-26(16-23(27)25-20-12-14-21(29-2)15-13-20)24(28)19-10-8-18(9-11-19)17-30-22-6-4-3-5-7-22/h3-15H,16-17H2,1-2H3,(H,25,27). The fraction of sp³-hybridized carbons (Fsp3) is 0.167. The number of benzene rings is 3. The van der Waals surface area contributed by atoms with Gasteiger partial charge in [0.2, 0.25) is 5.91 Å². The van der Waals surface area contributed by atoms with Crippen molar-refractivity contribution >= 4 is 17.5 Å². The Morgan fingerprint density at radius 1 is 0.867 bits per heavy atom. The second-order valence-electron chi connectivity index (χ2n) is 6.74. The van der Waals surface area contributed by atoms with Crippen LogP contribution in [0.1, 0.15) is 15.9 Å². The van der Waals surface area contributed by atoms with Crippen molar-refractivity contribution in [3.63, 3.8) is 0 Å². The van der Waals surface area contributed by atoms with Crippen LogP contribution in [0.4, 0.5) is 5.69 Å². The van der Waals surface area contributed by atoms with Crippen LogP contribution in [0, 0.1) is 0 Å². The van der Waals surface area contributed by atoms with Gasteiger partial charge in [0.1, 0.15) is 18.1 Å². The van der Waals surface area contributed by atoms with E-state index in [4.69, 9.17) is 9.47 Å². The van der Waals surface area contributed by atoms with Crippen LogP contribution >= 0.6 is 0 Å². The second-order valence-corrected chi connectivity index (χ2v) is 6.74. The van der Waals surface area contributed by atoms with E-state index in [9.17, 15) is 9.59 Å². The number of likely N-dealkylation sites (N-methyl/N-ethyl adjacent to an activating group) is 1. The highest BCUT2D eigenvalue weighted by Gasteiger charge is 2.15. The van der Waals surface area contributed by atoms with Crippen molar-refractivity contribution in [2.24, 2.45) is 0 Å². The molecule has 0 unspecified atom stereocenters. The van der Waals surface area contributed by atoms with Gasteiger partial charge in [0.15, 0.2) is 0 Å². The maximum absolute atomic E-state index is 12.6. The van der Waals surface area contributed by atoms with Crippen LogP contribution in [0.3, 0.4) is 0 Å². The summed E-state index contributed by atoms with van der Waals surface area (Å²) in [5, 5.41) is 2.77. The number of nitrogens with one attached hydrogen (secondary N) is 1. The van der Waals surface area contributed by atoms with Gasteiger partial charge in [-0.05, 0) is 54.1 Å². The molecule has 3 rings (SSSR count). The van der Waals surface area contributed by atoms with Gasteiger partial charge in [0.05, 0.1) is 13.7 Å². The monoisotopic (exact) mass is 404 g/mol. The third-order valence-corrected chi connectivity index (χ3v) is 4.45. The molecule has 0 fully saturated rings. The molecule has 3 aromatic carbocycles. The molecular formula is C24H24N2O4. The number of methoxy groups -OCH3 is 1. The number of rotatable bonds is 8. The first kappa shape index (κ1) is 20.9. The summed E-state index contributed by atoms with van der Waals surface area (Å²) in [5.74, 6) is 0.998. The van der Waals surface area contributed by atoms with E-state index in [1.807, 2.05) is 42.5 Å². The van der Waals surface area contributed by atoms with Crippen molar-refractivity contribution in [2.45, 2.75) is 6.61 Å². The third kappa shape index (κ3) is 5.85. The van der Waals surface area contributed by atoms with E-state index in [0.717, 1.165) is 11.3 Å². The predicted octanol–water partition coefficient (Wildman–Crippen LogP) is 3.98. The number of para-hydroxylation sites is 1. The van der Waals surface area contributed by atoms with E-state index >= 15 is 0 Å². The molecular weight excluding hydrogens is 380 g/mol. The van der Waals surface area contributed by atoms with Gasteiger partial charge >= 0.3 is 0 Å². The lowest BCUT2D eigenvalue weighted by atomic mass is 10.1. The zero-order valence-electron chi connectivity index (χ0n) is 17.0. The molecule has 0 saturated carbocycles. The fourth-order valence-corrected chi connectivity index (χ4v) is 2.81. The van der Waals surface area contributed by atoms with Crippen molar-refractivity contribution < 1.29 is 19.1 Å². The molecule has 6 heteroatoms. The molecule has 0 aliphatic heterocycles. The molecule has 0 aliphatic carbocycles. The second kappa shape index (κ2) is 10.1. The third-order valence-electron chi connectivity index (χ3n) is 4.45. The topological polar surface area (TPSA) is 67.9 Å². The molecule has 6 nitrogen and oxygen atoms in total. The summed E-state index contributed by atoms with van der Waals surface area (Å²) in [6.45, 7) is 0.363. The van der Waals surface area contributed by atoms with Crippen molar-refractivity contribution in [1.29, 1.82) is 0 Å². The maximum Gasteiger partial charge on any atom is 0.254 e. The Bertz CT molecular complexity index is 970. The highest BCUT2D eigenvalue weighted by molar-refractivity contribution is 5.99. The molecule has 0 heterocycles. The van der Waals surface area contributed by atoms with Crippen molar-refractivity contribution in [1.82, 2.24) is 4.90 Å². The first-order chi connectivity index (χ1) is 14.5. The normalized spacial score (nSPS) is 10.2. The number of hydrogen-bond donors (Lipinski definition) is 1. The van der Waals surface area contributed by atoms with Crippen molar-refractivity contribution in [3.05, 3.63) is 90.0 Å². The van der Waals surface area contributed by atoms with Gasteiger partial charge in [-0.3, -0.25) is 9.59 Å². The molecule has 3 aromatic rings. The lowest BCUT2D eigenvalue weighted by Gasteiger charge is -2.17. The minimum atomic E-state index is -0.274. The zero-order chi connectivity index (χ0) is 21.3. The molecule has 2 amide bonds. The number of hydrogen-bond acceptors (Lipinski definition) is 4. The quantitative estimate of drug-likeness (QED) is 0.617. The first-order valence-electron chi connectivity index (χ1n) is 9.51. The van der Waals surface area contributed by atoms with E-state index in [1.165, 1.54) is 4.90 Å². The van der Waals surface area contributed by atoms with Crippen LogP contribution in [-0.4, -0.2) is 37.4 Å². The van der Waals surface area contributed by atoms with Crippen LogP contribution in [-0.2, 0) is 11.4 Å². The van der Waals surface area contributed by atoms with E-state index in [1.54, 1.807) is 50.6 Å². The molecule has 0 spiro atoms. The van der Waals surface area contributed by atoms with Crippen LogP contribution in [0.5, 0.6) is 11.5 Å². The smallest absolute Gasteiger partial charge is 0.254 e. The van der Waals surface area contributed by atoms with Gasteiger partial charge in [-0.25, -0.2) is 0 Å². The number of anilines is 1. The number of carbonyl (C=O) groups excluding carboxylic acids is 2. The van der Waals surface area contributed by atoms with E-state index in [2.05, 4.69) is 5.32 Å².